The molecule has 5 heteroatoms. The van der Waals surface area contributed by atoms with Crippen LogP contribution in [0.25, 0.3) is 0 Å². The van der Waals surface area contributed by atoms with Crippen LogP contribution in [0.2, 0.25) is 0 Å². The smallest absolute Gasteiger partial charge is 0.239 e. The highest BCUT2D eigenvalue weighted by Gasteiger charge is 2.40. The van der Waals surface area contributed by atoms with Crippen LogP contribution in [0.1, 0.15) is 45.6 Å². The zero-order valence-electron chi connectivity index (χ0n) is 19.3. The average molecular weight is 432 g/mol. The molecule has 32 heavy (non-hydrogen) atoms. The Bertz CT molecular complexity index is 1030. The molecular formula is C27H33N3O2. The SMILES string of the molecule is CCC1C2=C(CC(C)(C)CC2=O)Nc2ccccc2N1CC(=O)NCCc1ccccc1. The zero-order valence-corrected chi connectivity index (χ0v) is 19.3. The topological polar surface area (TPSA) is 61.4 Å². The highest BCUT2D eigenvalue weighted by molar-refractivity contribution is 6.01. The molecule has 0 radical (unpaired) electrons. The van der Waals surface area contributed by atoms with Crippen LogP contribution in [0.15, 0.2) is 65.9 Å². The second-order valence-corrected chi connectivity index (χ2v) is 9.61. The number of amides is 1. The molecule has 0 aromatic heterocycles. The minimum absolute atomic E-state index is 0.0261. The van der Waals surface area contributed by atoms with Gasteiger partial charge in [-0.25, -0.2) is 0 Å². The van der Waals surface area contributed by atoms with Crippen molar-refractivity contribution in [1.82, 2.24) is 5.32 Å². The van der Waals surface area contributed by atoms with E-state index in [-0.39, 0.29) is 29.7 Å². The summed E-state index contributed by atoms with van der Waals surface area (Å²) in [4.78, 5) is 28.3. The number of benzene rings is 2. The van der Waals surface area contributed by atoms with E-state index in [1.807, 2.05) is 42.5 Å². The van der Waals surface area contributed by atoms with E-state index in [2.05, 4.69) is 48.4 Å². The Balaban J connectivity index is 1.58. The summed E-state index contributed by atoms with van der Waals surface area (Å²) in [5, 5.41) is 6.63. The first-order valence-corrected chi connectivity index (χ1v) is 11.6. The number of carbonyl (C=O) groups excluding carboxylic acids is 2. The van der Waals surface area contributed by atoms with Gasteiger partial charge in [0, 0.05) is 24.2 Å². The second kappa shape index (κ2) is 9.19. The highest BCUT2D eigenvalue weighted by Crippen LogP contribution is 2.44. The van der Waals surface area contributed by atoms with E-state index in [9.17, 15) is 9.59 Å². The Kier molecular flexibility index (Phi) is 6.35. The van der Waals surface area contributed by atoms with Crippen molar-refractivity contribution in [1.29, 1.82) is 0 Å². The number of hydrogen-bond donors (Lipinski definition) is 2. The third kappa shape index (κ3) is 4.72. The third-order valence-corrected chi connectivity index (χ3v) is 6.41. The Hall–Kier alpha value is -3.08. The van der Waals surface area contributed by atoms with E-state index >= 15 is 0 Å². The van der Waals surface area contributed by atoms with Gasteiger partial charge in [-0.3, -0.25) is 9.59 Å². The van der Waals surface area contributed by atoms with Gasteiger partial charge < -0.3 is 15.5 Å². The maximum absolute atomic E-state index is 13.3. The molecule has 1 heterocycles. The van der Waals surface area contributed by atoms with Gasteiger partial charge in [0.05, 0.1) is 24.0 Å². The fraction of sp³-hybridized carbons (Fsp3) is 0.407. The molecule has 1 atom stereocenters. The van der Waals surface area contributed by atoms with E-state index in [0.29, 0.717) is 13.0 Å². The molecular weight excluding hydrogens is 398 g/mol. The Morgan fingerprint density at radius 3 is 2.56 bits per heavy atom. The first-order valence-electron chi connectivity index (χ1n) is 11.6. The van der Waals surface area contributed by atoms with Crippen LogP contribution in [0.3, 0.4) is 0 Å². The monoisotopic (exact) mass is 431 g/mol. The molecule has 0 saturated carbocycles. The lowest BCUT2D eigenvalue weighted by molar-refractivity contribution is -0.120. The van der Waals surface area contributed by atoms with Gasteiger partial charge in [0.25, 0.3) is 0 Å². The van der Waals surface area contributed by atoms with E-state index in [1.165, 1.54) is 5.56 Å². The fourth-order valence-corrected chi connectivity index (χ4v) is 4.97. The number of nitrogens with one attached hydrogen (secondary N) is 2. The van der Waals surface area contributed by atoms with Crippen molar-refractivity contribution in [3.8, 4) is 0 Å². The summed E-state index contributed by atoms with van der Waals surface area (Å²) < 4.78 is 0. The first-order chi connectivity index (χ1) is 15.4. The van der Waals surface area contributed by atoms with E-state index in [4.69, 9.17) is 0 Å². The maximum Gasteiger partial charge on any atom is 0.239 e. The quantitative estimate of drug-likeness (QED) is 0.696. The van der Waals surface area contributed by atoms with Gasteiger partial charge in [0.1, 0.15) is 0 Å². The van der Waals surface area contributed by atoms with Crippen molar-refractivity contribution in [3.63, 3.8) is 0 Å². The number of para-hydroxylation sites is 2. The van der Waals surface area contributed by atoms with Crippen molar-refractivity contribution in [2.75, 3.05) is 23.3 Å². The highest BCUT2D eigenvalue weighted by atomic mass is 16.2. The summed E-state index contributed by atoms with van der Waals surface area (Å²) in [6.45, 7) is 7.20. The summed E-state index contributed by atoms with van der Waals surface area (Å²) in [6.07, 6.45) is 2.93. The maximum atomic E-state index is 13.3. The first kappa shape index (κ1) is 22.1. The molecule has 2 aliphatic rings. The van der Waals surface area contributed by atoms with Gasteiger partial charge in [-0.05, 0) is 42.4 Å². The Morgan fingerprint density at radius 2 is 1.81 bits per heavy atom. The Labute approximate surface area is 190 Å². The standard InChI is InChI=1S/C27H33N3O2/c1-4-22-26-21(16-27(2,3)17-24(26)31)29-20-12-8-9-13-23(20)30(22)18-25(32)28-15-14-19-10-6-5-7-11-19/h5-13,22,29H,4,14-18H2,1-3H3,(H,28,32). The molecule has 0 bridgehead atoms. The van der Waals surface area contributed by atoms with Gasteiger partial charge in [0.15, 0.2) is 5.78 Å². The van der Waals surface area contributed by atoms with E-state index < -0.39 is 0 Å². The van der Waals surface area contributed by atoms with Crippen LogP contribution in [-0.4, -0.2) is 30.8 Å². The lowest BCUT2D eigenvalue weighted by Gasteiger charge is -2.37. The second-order valence-electron chi connectivity index (χ2n) is 9.61. The number of anilines is 2. The van der Waals surface area contributed by atoms with Gasteiger partial charge in [-0.15, -0.1) is 0 Å². The van der Waals surface area contributed by atoms with Crippen molar-refractivity contribution in [2.45, 2.75) is 52.5 Å². The molecule has 1 unspecified atom stereocenters. The lowest BCUT2D eigenvalue weighted by atomic mass is 9.74. The summed E-state index contributed by atoms with van der Waals surface area (Å²) in [7, 11) is 0. The molecule has 168 valence electrons. The third-order valence-electron chi connectivity index (χ3n) is 6.41. The van der Waals surface area contributed by atoms with Gasteiger partial charge in [0.2, 0.25) is 5.91 Å². The number of Topliss-reactive ketones (excluding diaryl/α,β-unsaturated/α-hetero) is 1. The molecule has 4 rings (SSSR count). The minimum Gasteiger partial charge on any atom is -0.357 e. The molecule has 2 aromatic rings. The molecule has 2 N–H and O–H groups in total. The van der Waals surface area contributed by atoms with Crippen molar-refractivity contribution < 1.29 is 9.59 Å². The van der Waals surface area contributed by atoms with Gasteiger partial charge >= 0.3 is 0 Å². The average Bonchev–Trinajstić information content (AvgIpc) is 2.88. The number of allylic oxidation sites excluding steroid dienone is 1. The van der Waals surface area contributed by atoms with Crippen LogP contribution in [0, 0.1) is 5.41 Å². The summed E-state index contributed by atoms with van der Waals surface area (Å²) in [5.41, 5.74) is 4.92. The molecule has 1 amide bonds. The van der Waals surface area contributed by atoms with Gasteiger partial charge in [-0.2, -0.15) is 0 Å². The molecule has 0 fully saturated rings. The number of ketones is 1. The largest absolute Gasteiger partial charge is 0.357 e. The fourth-order valence-electron chi connectivity index (χ4n) is 4.97. The minimum atomic E-state index is -0.121. The zero-order chi connectivity index (χ0) is 22.7. The van der Waals surface area contributed by atoms with Crippen LogP contribution in [-0.2, 0) is 16.0 Å². The number of nitrogens with zero attached hydrogens (tertiary/aromatic N) is 1. The summed E-state index contributed by atoms with van der Waals surface area (Å²) in [6, 6.07) is 18.1. The number of rotatable bonds is 6. The summed E-state index contributed by atoms with van der Waals surface area (Å²) >= 11 is 0. The van der Waals surface area contributed by atoms with Crippen molar-refractivity contribution >= 4 is 23.1 Å². The van der Waals surface area contributed by atoms with Gasteiger partial charge in [-0.1, -0.05) is 63.2 Å². The predicted octanol–water partition coefficient (Wildman–Crippen LogP) is 4.70. The van der Waals surface area contributed by atoms with Crippen molar-refractivity contribution in [3.05, 3.63) is 71.4 Å². The number of fused-ring (bicyclic) bond motifs is 1. The van der Waals surface area contributed by atoms with Crippen LogP contribution in [0.4, 0.5) is 11.4 Å². The molecule has 0 spiro atoms. The summed E-state index contributed by atoms with van der Waals surface area (Å²) in [5.74, 6) is 0.166. The molecule has 2 aromatic carbocycles. The molecule has 1 aliphatic heterocycles. The predicted molar refractivity (Wildman–Crippen MR) is 130 cm³/mol. The normalized spacial score (nSPS) is 19.5. The van der Waals surface area contributed by atoms with Crippen LogP contribution in [0.5, 0.6) is 0 Å². The molecule has 1 aliphatic carbocycles. The number of hydrogen-bond acceptors (Lipinski definition) is 4. The van der Waals surface area contributed by atoms with E-state index in [1.54, 1.807) is 0 Å². The molecule has 5 nitrogen and oxygen atoms in total. The van der Waals surface area contributed by atoms with Crippen LogP contribution < -0.4 is 15.5 Å². The number of carbonyl (C=O) groups is 2. The molecule has 0 saturated heterocycles. The van der Waals surface area contributed by atoms with E-state index in [0.717, 1.165) is 41.9 Å². The van der Waals surface area contributed by atoms with Crippen molar-refractivity contribution in [2.24, 2.45) is 5.41 Å². The van der Waals surface area contributed by atoms with Crippen LogP contribution >= 0.6 is 0 Å². The lowest BCUT2D eigenvalue weighted by Crippen LogP contribution is -2.46. The Morgan fingerprint density at radius 1 is 1.09 bits per heavy atom.